The van der Waals surface area contributed by atoms with Gasteiger partial charge in [0, 0.05) is 18.2 Å². The molecule has 1 unspecified atom stereocenters. The van der Waals surface area contributed by atoms with Crippen LogP contribution in [0, 0.1) is 12.3 Å². The number of hydrogen-bond donors (Lipinski definition) is 1. The smallest absolute Gasteiger partial charge is 0.254 e. The van der Waals surface area contributed by atoms with Gasteiger partial charge in [0.2, 0.25) is 10.0 Å². The lowest BCUT2D eigenvalue weighted by molar-refractivity contribution is 0.0671. The molecule has 1 amide bonds. The Morgan fingerprint density at radius 1 is 1.15 bits per heavy atom. The minimum Gasteiger partial charge on any atom is -0.332 e. The number of nitrogens with zero attached hydrogens (tertiary/aromatic N) is 1. The van der Waals surface area contributed by atoms with Crippen molar-refractivity contribution in [2.75, 3.05) is 6.54 Å². The van der Waals surface area contributed by atoms with Crippen LogP contribution in [0.4, 0.5) is 0 Å². The van der Waals surface area contributed by atoms with Crippen molar-refractivity contribution in [2.45, 2.75) is 37.8 Å². The summed E-state index contributed by atoms with van der Waals surface area (Å²) in [5.74, 6) is 2.10. The van der Waals surface area contributed by atoms with Crippen LogP contribution in [0.1, 0.15) is 36.2 Å². The molecule has 6 heteroatoms. The van der Waals surface area contributed by atoms with Crippen molar-refractivity contribution < 1.29 is 13.2 Å². The van der Waals surface area contributed by atoms with E-state index in [4.69, 9.17) is 6.42 Å². The molecule has 0 aliphatic rings. The third-order valence-corrected chi connectivity index (χ3v) is 5.77. The van der Waals surface area contributed by atoms with Gasteiger partial charge in [-0.15, -0.1) is 6.42 Å². The van der Waals surface area contributed by atoms with Crippen LogP contribution >= 0.6 is 0 Å². The minimum absolute atomic E-state index is 0.0541. The Kier molecular flexibility index (Phi) is 7.17. The van der Waals surface area contributed by atoms with E-state index in [-0.39, 0.29) is 23.4 Å². The molecule has 0 aliphatic heterocycles. The topological polar surface area (TPSA) is 66.5 Å². The molecule has 0 aliphatic carbocycles. The maximum absolute atomic E-state index is 13.0. The van der Waals surface area contributed by atoms with Gasteiger partial charge in [-0.1, -0.05) is 43.2 Å². The van der Waals surface area contributed by atoms with E-state index in [1.54, 1.807) is 4.90 Å². The standard InChI is InChI=1S/C21H24N2O3S/c1-4-15-22-27(25,26)20-13-11-19(12-14-20)21(24)23(17(3)5-2)16-18-9-7-6-8-10-18/h1,6-14,17,22H,5,15-16H2,2-3H3. The molecule has 1 N–H and O–H groups in total. The van der Waals surface area contributed by atoms with Gasteiger partial charge < -0.3 is 4.90 Å². The molecular weight excluding hydrogens is 360 g/mol. The Hall–Kier alpha value is -2.62. The van der Waals surface area contributed by atoms with E-state index in [0.717, 1.165) is 12.0 Å². The number of rotatable bonds is 8. The molecule has 0 aromatic heterocycles. The number of hydrogen-bond acceptors (Lipinski definition) is 3. The van der Waals surface area contributed by atoms with Crippen molar-refractivity contribution in [1.82, 2.24) is 9.62 Å². The first-order valence-corrected chi connectivity index (χ1v) is 10.3. The number of terminal acetylenes is 1. The maximum atomic E-state index is 13.0. The first-order chi connectivity index (χ1) is 12.9. The van der Waals surface area contributed by atoms with Crippen LogP contribution in [0.3, 0.4) is 0 Å². The van der Waals surface area contributed by atoms with Crippen LogP contribution < -0.4 is 4.72 Å². The van der Waals surface area contributed by atoms with Gasteiger partial charge in [-0.3, -0.25) is 4.79 Å². The lowest BCUT2D eigenvalue weighted by atomic mass is 10.1. The average molecular weight is 385 g/mol. The van der Waals surface area contributed by atoms with Crippen molar-refractivity contribution in [2.24, 2.45) is 0 Å². The highest BCUT2D eigenvalue weighted by atomic mass is 32.2. The predicted octanol–water partition coefficient (Wildman–Crippen LogP) is 3.04. The van der Waals surface area contributed by atoms with E-state index in [2.05, 4.69) is 10.6 Å². The Bertz CT molecular complexity index is 901. The molecule has 0 radical (unpaired) electrons. The highest BCUT2D eigenvalue weighted by Gasteiger charge is 2.21. The molecule has 2 aromatic carbocycles. The Morgan fingerprint density at radius 3 is 2.33 bits per heavy atom. The maximum Gasteiger partial charge on any atom is 0.254 e. The van der Waals surface area contributed by atoms with E-state index in [1.165, 1.54) is 24.3 Å². The summed E-state index contributed by atoms with van der Waals surface area (Å²) in [5, 5.41) is 0. The fraction of sp³-hybridized carbons (Fsp3) is 0.286. The third kappa shape index (κ3) is 5.43. The minimum atomic E-state index is -3.67. The molecule has 27 heavy (non-hydrogen) atoms. The summed E-state index contributed by atoms with van der Waals surface area (Å²) in [6.45, 7) is 4.45. The molecule has 142 valence electrons. The molecule has 5 nitrogen and oxygen atoms in total. The van der Waals surface area contributed by atoms with Gasteiger partial charge in [0.25, 0.3) is 5.91 Å². The van der Waals surface area contributed by atoms with E-state index >= 15 is 0 Å². The lowest BCUT2D eigenvalue weighted by Crippen LogP contribution is -2.37. The SMILES string of the molecule is C#CCNS(=O)(=O)c1ccc(C(=O)N(Cc2ccccc2)C(C)CC)cc1. The number of carbonyl (C=O) groups excluding carboxylic acids is 1. The number of nitrogens with one attached hydrogen (secondary N) is 1. The van der Waals surface area contributed by atoms with E-state index in [0.29, 0.717) is 12.1 Å². The zero-order valence-corrected chi connectivity index (χ0v) is 16.4. The van der Waals surface area contributed by atoms with Crippen molar-refractivity contribution in [3.8, 4) is 12.3 Å². The molecule has 0 saturated heterocycles. The van der Waals surface area contributed by atoms with Crippen molar-refractivity contribution in [1.29, 1.82) is 0 Å². The van der Waals surface area contributed by atoms with Crippen LogP contribution in [-0.2, 0) is 16.6 Å². The van der Waals surface area contributed by atoms with E-state index in [1.807, 2.05) is 44.2 Å². The second-order valence-corrected chi connectivity index (χ2v) is 8.00. The van der Waals surface area contributed by atoms with Crippen molar-refractivity contribution >= 4 is 15.9 Å². The van der Waals surface area contributed by atoms with Crippen LogP contribution in [0.25, 0.3) is 0 Å². The number of amides is 1. The Labute approximate surface area is 161 Å². The van der Waals surface area contributed by atoms with Crippen molar-refractivity contribution in [3.63, 3.8) is 0 Å². The molecule has 2 aromatic rings. The molecule has 0 saturated carbocycles. The summed E-state index contributed by atoms with van der Waals surface area (Å²) in [4.78, 5) is 14.9. The average Bonchev–Trinajstić information content (AvgIpc) is 2.70. The zero-order chi connectivity index (χ0) is 19.9. The highest BCUT2D eigenvalue weighted by Crippen LogP contribution is 2.17. The van der Waals surface area contributed by atoms with Crippen LogP contribution in [-0.4, -0.2) is 31.8 Å². The van der Waals surface area contributed by atoms with Gasteiger partial charge in [0.05, 0.1) is 11.4 Å². The summed E-state index contributed by atoms with van der Waals surface area (Å²) in [6.07, 6.45) is 5.91. The molecule has 1 atom stereocenters. The first kappa shape index (κ1) is 20.7. The number of carbonyl (C=O) groups is 1. The van der Waals surface area contributed by atoms with Crippen LogP contribution in [0.2, 0.25) is 0 Å². The van der Waals surface area contributed by atoms with Gasteiger partial charge in [0.1, 0.15) is 0 Å². The fourth-order valence-corrected chi connectivity index (χ4v) is 3.53. The molecule has 2 rings (SSSR count). The van der Waals surface area contributed by atoms with Gasteiger partial charge >= 0.3 is 0 Å². The summed E-state index contributed by atoms with van der Waals surface area (Å²) in [5.41, 5.74) is 1.49. The molecular formula is C21H24N2O3S. The summed E-state index contributed by atoms with van der Waals surface area (Å²) < 4.78 is 26.5. The normalized spacial score (nSPS) is 12.2. The van der Waals surface area contributed by atoms with Gasteiger partial charge in [-0.05, 0) is 43.2 Å². The van der Waals surface area contributed by atoms with E-state index < -0.39 is 10.0 Å². The largest absolute Gasteiger partial charge is 0.332 e. The van der Waals surface area contributed by atoms with Crippen LogP contribution in [0.15, 0.2) is 59.5 Å². The van der Waals surface area contributed by atoms with E-state index in [9.17, 15) is 13.2 Å². The summed E-state index contributed by atoms with van der Waals surface area (Å²) in [7, 11) is -3.67. The number of sulfonamides is 1. The second-order valence-electron chi connectivity index (χ2n) is 6.23. The fourth-order valence-electron chi connectivity index (χ4n) is 2.59. The van der Waals surface area contributed by atoms with Crippen molar-refractivity contribution in [3.05, 3.63) is 65.7 Å². The molecule has 0 bridgehead atoms. The summed E-state index contributed by atoms with van der Waals surface area (Å²) >= 11 is 0. The molecule has 0 fully saturated rings. The Balaban J connectivity index is 2.23. The number of benzene rings is 2. The summed E-state index contributed by atoms with van der Waals surface area (Å²) in [6, 6.07) is 15.7. The first-order valence-electron chi connectivity index (χ1n) is 8.77. The predicted molar refractivity (Wildman–Crippen MR) is 107 cm³/mol. The molecule has 0 spiro atoms. The lowest BCUT2D eigenvalue weighted by Gasteiger charge is -2.29. The van der Waals surface area contributed by atoms with Crippen LogP contribution in [0.5, 0.6) is 0 Å². The van der Waals surface area contributed by atoms with Gasteiger partial charge in [0.15, 0.2) is 0 Å². The zero-order valence-electron chi connectivity index (χ0n) is 15.6. The monoisotopic (exact) mass is 384 g/mol. The quantitative estimate of drug-likeness (QED) is 0.712. The Morgan fingerprint density at radius 2 is 1.78 bits per heavy atom. The highest BCUT2D eigenvalue weighted by molar-refractivity contribution is 7.89. The third-order valence-electron chi connectivity index (χ3n) is 4.36. The second kappa shape index (κ2) is 9.36. The van der Waals surface area contributed by atoms with Gasteiger partial charge in [-0.25, -0.2) is 8.42 Å². The molecule has 0 heterocycles. The van der Waals surface area contributed by atoms with Gasteiger partial charge in [-0.2, -0.15) is 4.72 Å².